The van der Waals surface area contributed by atoms with E-state index < -0.39 is 35.5 Å². The number of ether oxygens (including phenoxy) is 2. The fourth-order valence-corrected chi connectivity index (χ4v) is 3.29. The van der Waals surface area contributed by atoms with E-state index in [0.29, 0.717) is 39.0 Å². The maximum absolute atomic E-state index is 12.3. The zero-order chi connectivity index (χ0) is 30.0. The maximum Gasteiger partial charge on any atom is 0.414 e. The first-order valence-corrected chi connectivity index (χ1v) is 13.9. The number of urea groups is 2. The molecule has 0 unspecified atom stereocenters. The molecule has 0 saturated heterocycles. The van der Waals surface area contributed by atoms with Crippen LogP contribution in [0.4, 0.5) is 19.2 Å². The van der Waals surface area contributed by atoms with Gasteiger partial charge >= 0.3 is 24.2 Å². The molecule has 0 radical (unpaired) electrons. The largest absolute Gasteiger partial charge is 0.444 e. The van der Waals surface area contributed by atoms with Gasteiger partial charge in [-0.1, -0.05) is 25.7 Å². The van der Waals surface area contributed by atoms with Crippen molar-refractivity contribution in [3.05, 3.63) is 0 Å². The molecular formula is C26H48N8O6. The number of hydrogen-bond donors (Lipinski definition) is 6. The Morgan fingerprint density at radius 3 is 1.32 bits per heavy atom. The number of hydrogen-bond acceptors (Lipinski definition) is 8. The number of guanidine groups is 2. The van der Waals surface area contributed by atoms with Gasteiger partial charge in [-0.05, 0) is 67.2 Å². The van der Waals surface area contributed by atoms with Crippen LogP contribution in [0.15, 0.2) is 9.98 Å². The molecule has 228 valence electrons. The molecule has 40 heavy (non-hydrogen) atoms. The molecule has 1 aliphatic rings. The van der Waals surface area contributed by atoms with Gasteiger partial charge in [0.25, 0.3) is 0 Å². The average molecular weight is 569 g/mol. The lowest BCUT2D eigenvalue weighted by Gasteiger charge is -2.20. The van der Waals surface area contributed by atoms with Gasteiger partial charge < -0.3 is 20.1 Å². The lowest BCUT2D eigenvalue weighted by atomic mass is 10.2. The smallest absolute Gasteiger partial charge is 0.414 e. The van der Waals surface area contributed by atoms with Crippen molar-refractivity contribution in [2.45, 2.75) is 104 Å². The highest BCUT2D eigenvalue weighted by molar-refractivity contribution is 6.03. The van der Waals surface area contributed by atoms with E-state index in [1.807, 2.05) is 0 Å². The van der Waals surface area contributed by atoms with Crippen LogP contribution in [-0.4, -0.2) is 73.5 Å². The fraction of sp³-hybridized carbons (Fsp3) is 0.769. The lowest BCUT2D eigenvalue weighted by Crippen LogP contribution is -2.49. The lowest BCUT2D eigenvalue weighted by molar-refractivity contribution is 0.0549. The molecule has 14 heteroatoms. The zero-order valence-electron chi connectivity index (χ0n) is 24.8. The van der Waals surface area contributed by atoms with Crippen molar-refractivity contribution >= 4 is 36.2 Å². The SMILES string of the molecule is CC(C)(C)OC(=O)NC1=NCCCCCCNC(=O)NC(NC(=O)OC(C)(C)C)=NCCCCCCNC(=O)N1. The van der Waals surface area contributed by atoms with Gasteiger partial charge in [0, 0.05) is 26.2 Å². The number of amides is 6. The summed E-state index contributed by atoms with van der Waals surface area (Å²) in [5, 5.41) is 15.7. The van der Waals surface area contributed by atoms with Crippen molar-refractivity contribution in [1.29, 1.82) is 0 Å². The quantitative estimate of drug-likeness (QED) is 0.260. The van der Waals surface area contributed by atoms with Gasteiger partial charge in [-0.2, -0.15) is 0 Å². The van der Waals surface area contributed by atoms with Crippen LogP contribution in [0.5, 0.6) is 0 Å². The fourth-order valence-electron chi connectivity index (χ4n) is 3.29. The summed E-state index contributed by atoms with van der Waals surface area (Å²) in [7, 11) is 0. The Morgan fingerprint density at radius 1 is 0.625 bits per heavy atom. The van der Waals surface area contributed by atoms with E-state index in [0.717, 1.165) is 38.5 Å². The van der Waals surface area contributed by atoms with Crippen LogP contribution in [0.3, 0.4) is 0 Å². The van der Waals surface area contributed by atoms with Crippen LogP contribution in [0.25, 0.3) is 0 Å². The van der Waals surface area contributed by atoms with E-state index in [9.17, 15) is 19.2 Å². The van der Waals surface area contributed by atoms with Gasteiger partial charge in [0.2, 0.25) is 11.9 Å². The number of nitrogens with zero attached hydrogens (tertiary/aromatic N) is 2. The van der Waals surface area contributed by atoms with Crippen molar-refractivity contribution in [2.24, 2.45) is 9.98 Å². The zero-order valence-corrected chi connectivity index (χ0v) is 24.8. The molecule has 0 spiro atoms. The van der Waals surface area contributed by atoms with E-state index in [-0.39, 0.29) is 11.9 Å². The van der Waals surface area contributed by atoms with Crippen LogP contribution >= 0.6 is 0 Å². The number of alkyl carbamates (subject to hydrolysis) is 2. The third-order valence-electron chi connectivity index (χ3n) is 4.98. The number of aliphatic imine (C=N–C) groups is 2. The number of nitrogens with one attached hydrogen (secondary N) is 6. The molecule has 0 bridgehead atoms. The molecule has 0 aromatic carbocycles. The molecule has 1 heterocycles. The predicted octanol–water partition coefficient (Wildman–Crippen LogP) is 3.48. The van der Waals surface area contributed by atoms with Gasteiger partial charge in [0.05, 0.1) is 0 Å². The average Bonchev–Trinajstić information content (AvgIpc) is 2.79. The Kier molecular flexibility index (Phi) is 15.4. The van der Waals surface area contributed by atoms with E-state index in [4.69, 9.17) is 9.47 Å². The van der Waals surface area contributed by atoms with Gasteiger partial charge in [-0.25, -0.2) is 19.2 Å². The summed E-state index contributed by atoms with van der Waals surface area (Å²) >= 11 is 0. The second-order valence-corrected chi connectivity index (χ2v) is 11.3. The molecule has 1 aliphatic heterocycles. The number of rotatable bonds is 0. The molecule has 0 aliphatic carbocycles. The molecule has 0 aromatic rings. The normalized spacial score (nSPS) is 17.9. The van der Waals surface area contributed by atoms with E-state index in [1.165, 1.54) is 0 Å². The first-order chi connectivity index (χ1) is 18.7. The van der Waals surface area contributed by atoms with Gasteiger partial charge in [-0.15, -0.1) is 0 Å². The minimum Gasteiger partial charge on any atom is -0.444 e. The topological polar surface area (TPSA) is 184 Å². The summed E-state index contributed by atoms with van der Waals surface area (Å²) in [6.45, 7) is 12.1. The van der Waals surface area contributed by atoms with E-state index in [1.54, 1.807) is 41.5 Å². The molecular weight excluding hydrogens is 520 g/mol. The highest BCUT2D eigenvalue weighted by Gasteiger charge is 2.19. The van der Waals surface area contributed by atoms with Crippen molar-refractivity contribution < 1.29 is 28.7 Å². The van der Waals surface area contributed by atoms with Crippen LogP contribution in [0, 0.1) is 0 Å². The summed E-state index contributed by atoms with van der Waals surface area (Å²) < 4.78 is 10.5. The molecule has 6 N–H and O–H groups in total. The van der Waals surface area contributed by atoms with Crippen LogP contribution in [0.2, 0.25) is 0 Å². The molecule has 1 rings (SSSR count). The first-order valence-electron chi connectivity index (χ1n) is 13.9. The molecule has 0 aromatic heterocycles. The van der Waals surface area contributed by atoms with E-state index >= 15 is 0 Å². The minimum absolute atomic E-state index is 0.0286. The molecule has 0 fully saturated rings. The Bertz CT molecular complexity index is 821. The van der Waals surface area contributed by atoms with E-state index in [2.05, 4.69) is 41.9 Å². The monoisotopic (exact) mass is 568 g/mol. The van der Waals surface area contributed by atoms with Crippen LogP contribution in [0.1, 0.15) is 92.9 Å². The van der Waals surface area contributed by atoms with Crippen molar-refractivity contribution in [1.82, 2.24) is 31.9 Å². The Hall–Kier alpha value is -3.58. The van der Waals surface area contributed by atoms with Gasteiger partial charge in [0.15, 0.2) is 0 Å². The van der Waals surface area contributed by atoms with Crippen LogP contribution < -0.4 is 31.9 Å². The second-order valence-electron chi connectivity index (χ2n) is 11.3. The molecule has 14 nitrogen and oxygen atoms in total. The van der Waals surface area contributed by atoms with Crippen LogP contribution in [-0.2, 0) is 9.47 Å². The van der Waals surface area contributed by atoms with Crippen molar-refractivity contribution in [3.8, 4) is 0 Å². The summed E-state index contributed by atoms with van der Waals surface area (Å²) in [6, 6.07) is -0.942. The Balaban J connectivity index is 2.73. The summed E-state index contributed by atoms with van der Waals surface area (Å²) in [4.78, 5) is 57.7. The van der Waals surface area contributed by atoms with Crippen molar-refractivity contribution in [3.63, 3.8) is 0 Å². The first kappa shape index (κ1) is 34.4. The van der Waals surface area contributed by atoms with Gasteiger partial charge in [0.1, 0.15) is 11.2 Å². The standard InChI is InChI=1S/C26H48N8O6/c1-25(2,3)39-23(37)33-19-27-15-11-7-9-14-18-30-22(36)32-20(34-24(38)40-26(4,5)6)28-16-12-8-10-13-17-29-21(35)31-19/h7-18H2,1-6H3,(H3,27,29,31,33,35,37)(H3,28,30,32,34,36,38). The number of carbonyl (C=O) groups is 4. The highest BCUT2D eigenvalue weighted by Crippen LogP contribution is 2.07. The highest BCUT2D eigenvalue weighted by atomic mass is 16.6. The van der Waals surface area contributed by atoms with Gasteiger partial charge in [-0.3, -0.25) is 31.3 Å². The minimum atomic E-state index is -0.704. The maximum atomic E-state index is 12.3. The number of carbonyl (C=O) groups excluding carboxylic acids is 4. The molecule has 0 atom stereocenters. The Labute approximate surface area is 237 Å². The Morgan fingerprint density at radius 2 is 0.975 bits per heavy atom. The summed E-state index contributed by atoms with van der Waals surface area (Å²) in [5.41, 5.74) is -1.38. The predicted molar refractivity (Wildman–Crippen MR) is 153 cm³/mol. The second kappa shape index (κ2) is 17.9. The third kappa shape index (κ3) is 19.5. The molecule has 0 saturated carbocycles. The summed E-state index contributed by atoms with van der Waals surface area (Å²) in [6.07, 6.45) is 4.79. The third-order valence-corrected chi connectivity index (χ3v) is 4.98. The van der Waals surface area contributed by atoms with Crippen molar-refractivity contribution in [2.75, 3.05) is 26.2 Å². The summed E-state index contributed by atoms with van der Waals surface area (Å²) in [5.74, 6) is 0.0572. The molecule has 6 amide bonds.